The van der Waals surface area contributed by atoms with Crippen LogP contribution in [-0.4, -0.2) is 10.1 Å². The second-order valence-corrected chi connectivity index (χ2v) is 3.26. The molecule has 0 radical (unpaired) electrons. The summed E-state index contributed by atoms with van der Waals surface area (Å²) < 4.78 is 0. The molecular formula is C11H11NO. The molecule has 0 saturated heterocycles. The van der Waals surface area contributed by atoms with Crippen LogP contribution in [0.4, 0.5) is 0 Å². The Hall–Kier alpha value is -1.57. The summed E-state index contributed by atoms with van der Waals surface area (Å²) in [5.41, 5.74) is 2.70. The Kier molecular flexibility index (Phi) is 1.69. The number of nitrogens with zero attached hydrogens (tertiary/aromatic N) is 1. The topological polar surface area (TPSA) is 33.1 Å². The number of aromatic hydroxyl groups is 1. The zero-order chi connectivity index (χ0) is 9.42. The van der Waals surface area contributed by atoms with E-state index in [1.165, 1.54) is 0 Å². The first-order valence-electron chi connectivity index (χ1n) is 4.24. The summed E-state index contributed by atoms with van der Waals surface area (Å²) in [6.45, 7) is 3.89. The van der Waals surface area contributed by atoms with E-state index in [9.17, 15) is 5.11 Å². The van der Waals surface area contributed by atoms with Crippen LogP contribution in [0, 0.1) is 13.8 Å². The van der Waals surface area contributed by atoms with Crippen LogP contribution in [-0.2, 0) is 0 Å². The van der Waals surface area contributed by atoms with Gasteiger partial charge in [-0.05, 0) is 31.0 Å². The quantitative estimate of drug-likeness (QED) is 0.664. The lowest BCUT2D eigenvalue weighted by Gasteiger charge is -2.04. The van der Waals surface area contributed by atoms with Crippen molar-refractivity contribution in [1.82, 2.24) is 4.98 Å². The van der Waals surface area contributed by atoms with Crippen LogP contribution in [0.15, 0.2) is 24.4 Å². The van der Waals surface area contributed by atoms with Crippen LogP contribution < -0.4 is 0 Å². The molecular weight excluding hydrogens is 162 g/mol. The van der Waals surface area contributed by atoms with Crippen molar-refractivity contribution in [2.24, 2.45) is 0 Å². The number of pyridine rings is 1. The van der Waals surface area contributed by atoms with Crippen molar-refractivity contribution in [2.75, 3.05) is 0 Å². The van der Waals surface area contributed by atoms with Crippen molar-refractivity contribution in [1.29, 1.82) is 0 Å². The highest BCUT2D eigenvalue weighted by Crippen LogP contribution is 2.27. The SMILES string of the molecule is Cc1ccc2c(C)ccnc2c1O. The lowest BCUT2D eigenvalue weighted by molar-refractivity contribution is 0.476. The van der Waals surface area contributed by atoms with Crippen molar-refractivity contribution in [2.45, 2.75) is 13.8 Å². The molecule has 1 aromatic carbocycles. The molecule has 2 heteroatoms. The lowest BCUT2D eigenvalue weighted by Crippen LogP contribution is -1.84. The number of rotatable bonds is 0. The zero-order valence-electron chi connectivity index (χ0n) is 7.70. The van der Waals surface area contributed by atoms with Crippen molar-refractivity contribution in [3.63, 3.8) is 0 Å². The highest BCUT2D eigenvalue weighted by molar-refractivity contribution is 5.87. The Labute approximate surface area is 76.9 Å². The Morgan fingerprint density at radius 3 is 2.62 bits per heavy atom. The molecule has 0 aliphatic rings. The first-order chi connectivity index (χ1) is 6.20. The third-order valence-electron chi connectivity index (χ3n) is 2.31. The molecule has 0 atom stereocenters. The van der Waals surface area contributed by atoms with E-state index in [1.807, 2.05) is 32.0 Å². The smallest absolute Gasteiger partial charge is 0.144 e. The van der Waals surface area contributed by atoms with Gasteiger partial charge in [-0.25, -0.2) is 0 Å². The molecule has 0 aliphatic heterocycles. The van der Waals surface area contributed by atoms with E-state index in [4.69, 9.17) is 0 Å². The van der Waals surface area contributed by atoms with Gasteiger partial charge in [0.05, 0.1) is 0 Å². The Morgan fingerprint density at radius 2 is 1.85 bits per heavy atom. The summed E-state index contributed by atoms with van der Waals surface area (Å²) in [5.74, 6) is 0.293. The molecule has 2 rings (SSSR count). The molecule has 0 bridgehead atoms. The Bertz CT molecular complexity index is 463. The summed E-state index contributed by atoms with van der Waals surface area (Å²) in [6, 6.07) is 5.84. The van der Waals surface area contributed by atoms with Gasteiger partial charge in [-0.1, -0.05) is 12.1 Å². The maximum atomic E-state index is 9.72. The van der Waals surface area contributed by atoms with E-state index in [0.29, 0.717) is 11.3 Å². The summed E-state index contributed by atoms with van der Waals surface area (Å²) in [4.78, 5) is 4.15. The third-order valence-corrected chi connectivity index (χ3v) is 2.31. The fourth-order valence-corrected chi connectivity index (χ4v) is 1.44. The molecule has 0 spiro atoms. The fraction of sp³-hybridized carbons (Fsp3) is 0.182. The van der Waals surface area contributed by atoms with E-state index in [0.717, 1.165) is 16.5 Å². The number of benzene rings is 1. The summed E-state index contributed by atoms with van der Waals surface area (Å²) in [6.07, 6.45) is 1.72. The van der Waals surface area contributed by atoms with Crippen molar-refractivity contribution in [3.8, 4) is 5.75 Å². The zero-order valence-corrected chi connectivity index (χ0v) is 7.70. The second kappa shape index (κ2) is 2.73. The maximum absolute atomic E-state index is 9.72. The molecule has 66 valence electrons. The van der Waals surface area contributed by atoms with Gasteiger partial charge in [0.2, 0.25) is 0 Å². The summed E-state index contributed by atoms with van der Waals surface area (Å²) in [7, 11) is 0. The number of fused-ring (bicyclic) bond motifs is 1. The fourth-order valence-electron chi connectivity index (χ4n) is 1.44. The third kappa shape index (κ3) is 1.15. The number of aryl methyl sites for hydroxylation is 2. The summed E-state index contributed by atoms with van der Waals surface area (Å²) in [5, 5.41) is 10.7. The highest BCUT2D eigenvalue weighted by Gasteiger charge is 2.04. The van der Waals surface area contributed by atoms with Gasteiger partial charge in [-0.3, -0.25) is 4.98 Å². The molecule has 1 N–H and O–H groups in total. The Morgan fingerprint density at radius 1 is 1.08 bits per heavy atom. The van der Waals surface area contributed by atoms with Crippen LogP contribution in [0.25, 0.3) is 10.9 Å². The van der Waals surface area contributed by atoms with Gasteiger partial charge in [-0.15, -0.1) is 0 Å². The first kappa shape index (κ1) is 8.05. The lowest BCUT2D eigenvalue weighted by atomic mass is 10.1. The van der Waals surface area contributed by atoms with E-state index in [1.54, 1.807) is 6.20 Å². The first-order valence-corrected chi connectivity index (χ1v) is 4.24. The van der Waals surface area contributed by atoms with E-state index < -0.39 is 0 Å². The molecule has 1 heterocycles. The van der Waals surface area contributed by atoms with Crippen LogP contribution in [0.2, 0.25) is 0 Å². The molecule has 1 aromatic heterocycles. The molecule has 2 nitrogen and oxygen atoms in total. The van der Waals surface area contributed by atoms with Gasteiger partial charge in [0.1, 0.15) is 11.3 Å². The number of hydrogen-bond donors (Lipinski definition) is 1. The van der Waals surface area contributed by atoms with Gasteiger partial charge < -0.3 is 5.11 Å². The van der Waals surface area contributed by atoms with Crippen LogP contribution in [0.1, 0.15) is 11.1 Å². The van der Waals surface area contributed by atoms with Gasteiger partial charge in [-0.2, -0.15) is 0 Å². The van der Waals surface area contributed by atoms with Crippen LogP contribution in [0.5, 0.6) is 5.75 Å². The average molecular weight is 173 g/mol. The van der Waals surface area contributed by atoms with Gasteiger partial charge >= 0.3 is 0 Å². The minimum absolute atomic E-state index is 0.293. The predicted molar refractivity (Wildman–Crippen MR) is 52.9 cm³/mol. The molecule has 2 aromatic rings. The van der Waals surface area contributed by atoms with Crippen LogP contribution >= 0.6 is 0 Å². The van der Waals surface area contributed by atoms with Crippen LogP contribution in [0.3, 0.4) is 0 Å². The number of aromatic nitrogens is 1. The van der Waals surface area contributed by atoms with Gasteiger partial charge in [0.15, 0.2) is 0 Å². The van der Waals surface area contributed by atoms with Crippen molar-refractivity contribution >= 4 is 10.9 Å². The van der Waals surface area contributed by atoms with Gasteiger partial charge in [0, 0.05) is 11.6 Å². The van der Waals surface area contributed by atoms with Crippen molar-refractivity contribution in [3.05, 3.63) is 35.5 Å². The largest absolute Gasteiger partial charge is 0.505 e. The number of hydrogen-bond acceptors (Lipinski definition) is 2. The maximum Gasteiger partial charge on any atom is 0.144 e. The molecule has 0 saturated carbocycles. The minimum atomic E-state index is 0.293. The highest BCUT2D eigenvalue weighted by atomic mass is 16.3. The van der Waals surface area contributed by atoms with E-state index >= 15 is 0 Å². The monoisotopic (exact) mass is 173 g/mol. The van der Waals surface area contributed by atoms with Gasteiger partial charge in [0.25, 0.3) is 0 Å². The molecule has 0 aliphatic carbocycles. The summed E-state index contributed by atoms with van der Waals surface area (Å²) >= 11 is 0. The number of phenols is 1. The average Bonchev–Trinajstić information content (AvgIpc) is 2.12. The molecule has 0 unspecified atom stereocenters. The standard InChI is InChI=1S/C11H11NO/c1-7-5-6-12-10-9(7)4-3-8(2)11(10)13/h3-6,13H,1-2H3. The molecule has 0 fully saturated rings. The minimum Gasteiger partial charge on any atom is -0.505 e. The normalized spacial score (nSPS) is 10.6. The molecule has 0 amide bonds. The second-order valence-electron chi connectivity index (χ2n) is 3.26. The van der Waals surface area contributed by atoms with E-state index in [-0.39, 0.29) is 0 Å². The van der Waals surface area contributed by atoms with Crippen molar-refractivity contribution < 1.29 is 5.11 Å². The predicted octanol–water partition coefficient (Wildman–Crippen LogP) is 2.56. The number of phenolic OH excluding ortho intramolecular Hbond substituents is 1. The Balaban J connectivity index is 2.94. The van der Waals surface area contributed by atoms with E-state index in [2.05, 4.69) is 4.98 Å². The molecule has 13 heavy (non-hydrogen) atoms.